The van der Waals surface area contributed by atoms with Crippen molar-refractivity contribution in [3.8, 4) is 16.8 Å². The Bertz CT molecular complexity index is 1390. The van der Waals surface area contributed by atoms with Crippen molar-refractivity contribution >= 4 is 27.5 Å². The monoisotopic (exact) mass is 446 g/mol. The number of fused-ring (bicyclic) bond motifs is 3. The molecule has 0 atom stereocenters. The Balaban J connectivity index is 1.91. The van der Waals surface area contributed by atoms with E-state index in [0.29, 0.717) is 0 Å². The molecule has 0 fully saturated rings. The zero-order valence-corrected chi connectivity index (χ0v) is 21.1. The van der Waals surface area contributed by atoms with Crippen LogP contribution in [0.5, 0.6) is 0 Å². The van der Waals surface area contributed by atoms with E-state index in [4.69, 9.17) is 0 Å². The minimum absolute atomic E-state index is 0.0555. The van der Waals surface area contributed by atoms with E-state index in [1.807, 2.05) is 0 Å². The molecule has 0 bridgehead atoms. The summed E-state index contributed by atoms with van der Waals surface area (Å²) in [6, 6.07) is 35.2. The summed E-state index contributed by atoms with van der Waals surface area (Å²) in [5.41, 5.74) is 7.27. The summed E-state index contributed by atoms with van der Waals surface area (Å²) in [5.74, 6) is 0. The van der Waals surface area contributed by atoms with Gasteiger partial charge in [0.15, 0.2) is 0 Å². The first kappa shape index (κ1) is 22.3. The van der Waals surface area contributed by atoms with E-state index in [1.54, 1.807) is 0 Å². The van der Waals surface area contributed by atoms with Crippen molar-refractivity contribution in [2.24, 2.45) is 0 Å². The highest BCUT2D eigenvalue weighted by Crippen LogP contribution is 2.41. The number of anilines is 1. The van der Waals surface area contributed by atoms with Crippen molar-refractivity contribution < 1.29 is 0 Å². The van der Waals surface area contributed by atoms with E-state index in [9.17, 15) is 0 Å². The van der Waals surface area contributed by atoms with Crippen LogP contribution in [0.3, 0.4) is 0 Å². The molecular weight excluding hydrogens is 412 g/mol. The molecule has 0 amide bonds. The number of rotatable bonds is 3. The average Bonchev–Trinajstić information content (AvgIpc) is 3.13. The van der Waals surface area contributed by atoms with E-state index in [1.165, 1.54) is 44.3 Å². The fourth-order valence-electron chi connectivity index (χ4n) is 5.61. The normalized spacial score (nSPS) is 12.4. The SMILES string of the molecule is CC(C)(C)N(c1ccc(-c2ccccc2)cc1-n1c2ccccc2c2ccccc21)C(C)(C)C. The number of benzene rings is 4. The molecule has 2 nitrogen and oxygen atoms in total. The van der Waals surface area contributed by atoms with Crippen LogP contribution in [0.15, 0.2) is 97.1 Å². The van der Waals surface area contributed by atoms with E-state index >= 15 is 0 Å². The summed E-state index contributed by atoms with van der Waals surface area (Å²) in [4.78, 5) is 2.56. The maximum Gasteiger partial charge on any atom is 0.0702 e. The highest BCUT2D eigenvalue weighted by Gasteiger charge is 2.34. The van der Waals surface area contributed by atoms with Crippen LogP contribution in [0, 0.1) is 0 Å². The lowest BCUT2D eigenvalue weighted by Gasteiger charge is -2.48. The third-order valence-corrected chi connectivity index (χ3v) is 6.49. The Morgan fingerprint density at radius 3 is 1.56 bits per heavy atom. The number of hydrogen-bond acceptors (Lipinski definition) is 1. The summed E-state index contributed by atoms with van der Waals surface area (Å²) in [6.45, 7) is 13.8. The van der Waals surface area contributed by atoms with Crippen molar-refractivity contribution in [3.63, 3.8) is 0 Å². The fraction of sp³-hybridized carbons (Fsp3) is 0.250. The zero-order chi connectivity index (χ0) is 24.1. The zero-order valence-electron chi connectivity index (χ0n) is 21.1. The largest absolute Gasteiger partial charge is 0.360 e. The van der Waals surface area contributed by atoms with Gasteiger partial charge in [0, 0.05) is 21.9 Å². The van der Waals surface area contributed by atoms with Crippen molar-refractivity contribution in [2.75, 3.05) is 4.90 Å². The van der Waals surface area contributed by atoms with E-state index < -0.39 is 0 Å². The van der Waals surface area contributed by atoms with Crippen LogP contribution in [0.2, 0.25) is 0 Å². The van der Waals surface area contributed by atoms with Crippen LogP contribution in [-0.4, -0.2) is 15.6 Å². The Morgan fingerprint density at radius 1 is 0.529 bits per heavy atom. The van der Waals surface area contributed by atoms with Gasteiger partial charge in [-0.25, -0.2) is 0 Å². The molecule has 5 aromatic rings. The Hall–Kier alpha value is -3.52. The van der Waals surface area contributed by atoms with Crippen molar-refractivity contribution in [3.05, 3.63) is 97.1 Å². The van der Waals surface area contributed by atoms with Crippen LogP contribution < -0.4 is 4.90 Å². The molecule has 0 aliphatic carbocycles. The molecule has 0 radical (unpaired) electrons. The molecule has 4 aromatic carbocycles. The molecule has 0 unspecified atom stereocenters. The van der Waals surface area contributed by atoms with Crippen LogP contribution in [-0.2, 0) is 0 Å². The molecular formula is C32H34N2. The lowest BCUT2D eigenvalue weighted by atomic mass is 9.93. The average molecular weight is 447 g/mol. The van der Waals surface area contributed by atoms with Gasteiger partial charge in [-0.2, -0.15) is 0 Å². The first-order valence-electron chi connectivity index (χ1n) is 12.1. The Morgan fingerprint density at radius 2 is 1.03 bits per heavy atom. The summed E-state index contributed by atoms with van der Waals surface area (Å²) >= 11 is 0. The topological polar surface area (TPSA) is 8.17 Å². The quantitative estimate of drug-likeness (QED) is 0.269. The van der Waals surface area contributed by atoms with E-state index in [2.05, 4.69) is 148 Å². The van der Waals surface area contributed by atoms with Gasteiger partial charge >= 0.3 is 0 Å². The third kappa shape index (κ3) is 3.77. The lowest BCUT2D eigenvalue weighted by Crippen LogP contribution is -2.53. The first-order valence-corrected chi connectivity index (χ1v) is 12.1. The number of aromatic nitrogens is 1. The molecule has 172 valence electrons. The second-order valence-electron chi connectivity index (χ2n) is 11.1. The van der Waals surface area contributed by atoms with Gasteiger partial charge in [0.05, 0.1) is 22.4 Å². The van der Waals surface area contributed by atoms with Crippen molar-refractivity contribution in [2.45, 2.75) is 52.6 Å². The van der Waals surface area contributed by atoms with E-state index in [0.717, 1.165) is 0 Å². The predicted molar refractivity (Wildman–Crippen MR) is 148 cm³/mol. The Labute approximate surface area is 203 Å². The molecule has 0 spiro atoms. The smallest absolute Gasteiger partial charge is 0.0702 e. The fourth-order valence-corrected chi connectivity index (χ4v) is 5.61. The van der Waals surface area contributed by atoms with Crippen molar-refractivity contribution in [1.29, 1.82) is 0 Å². The maximum atomic E-state index is 2.56. The number of hydrogen-bond donors (Lipinski definition) is 0. The van der Waals surface area contributed by atoms with Crippen molar-refractivity contribution in [1.82, 2.24) is 4.57 Å². The molecule has 0 aliphatic rings. The van der Waals surface area contributed by atoms with E-state index in [-0.39, 0.29) is 11.1 Å². The van der Waals surface area contributed by atoms with Gasteiger partial charge in [0.1, 0.15) is 0 Å². The second kappa shape index (κ2) is 8.06. The number of para-hydroxylation sites is 2. The van der Waals surface area contributed by atoms with Crippen LogP contribution in [0.1, 0.15) is 41.5 Å². The molecule has 0 saturated heterocycles. The highest BCUT2D eigenvalue weighted by atomic mass is 15.3. The lowest BCUT2D eigenvalue weighted by molar-refractivity contribution is 0.380. The molecule has 1 heterocycles. The number of nitrogens with zero attached hydrogens (tertiary/aromatic N) is 2. The summed E-state index contributed by atoms with van der Waals surface area (Å²) in [6.07, 6.45) is 0. The first-order chi connectivity index (χ1) is 16.2. The molecule has 0 N–H and O–H groups in total. The molecule has 0 saturated carbocycles. The second-order valence-corrected chi connectivity index (χ2v) is 11.1. The molecule has 5 rings (SSSR count). The van der Waals surface area contributed by atoms with Gasteiger partial charge in [-0.3, -0.25) is 0 Å². The van der Waals surface area contributed by atoms with Crippen LogP contribution in [0.4, 0.5) is 5.69 Å². The standard InChI is InChI=1S/C32H34N2/c1-31(2,3)34(32(4,5)6)29-21-20-24(23-14-8-7-9-15-23)22-30(29)33-27-18-12-10-16-25(27)26-17-11-13-19-28(26)33/h7-22H,1-6H3. The van der Waals surface area contributed by atoms with Gasteiger partial charge < -0.3 is 9.47 Å². The third-order valence-electron chi connectivity index (χ3n) is 6.49. The molecule has 34 heavy (non-hydrogen) atoms. The maximum absolute atomic E-state index is 2.56. The van der Waals surface area contributed by atoms with Gasteiger partial charge in [0.25, 0.3) is 0 Å². The summed E-state index contributed by atoms with van der Waals surface area (Å²) in [7, 11) is 0. The van der Waals surface area contributed by atoms with Gasteiger partial charge in [0.2, 0.25) is 0 Å². The highest BCUT2D eigenvalue weighted by molar-refractivity contribution is 6.09. The minimum Gasteiger partial charge on any atom is -0.360 e. The predicted octanol–water partition coefficient (Wildman–Crippen LogP) is 8.85. The Kier molecular flexibility index (Phi) is 5.28. The summed E-state index contributed by atoms with van der Waals surface area (Å²) in [5, 5.41) is 2.57. The van der Waals surface area contributed by atoms with Crippen LogP contribution >= 0.6 is 0 Å². The molecule has 1 aromatic heterocycles. The molecule has 0 aliphatic heterocycles. The van der Waals surface area contributed by atoms with Crippen LogP contribution in [0.25, 0.3) is 38.6 Å². The van der Waals surface area contributed by atoms with Gasteiger partial charge in [-0.15, -0.1) is 0 Å². The minimum atomic E-state index is -0.0555. The molecule has 2 heteroatoms. The summed E-state index contributed by atoms with van der Waals surface area (Å²) < 4.78 is 2.46. The van der Waals surface area contributed by atoms with Gasteiger partial charge in [-0.05, 0) is 76.9 Å². The van der Waals surface area contributed by atoms with Gasteiger partial charge in [-0.1, -0.05) is 72.8 Å².